The van der Waals surface area contributed by atoms with E-state index in [0.29, 0.717) is 6.61 Å². The summed E-state index contributed by atoms with van der Waals surface area (Å²) >= 11 is 0. The van der Waals surface area contributed by atoms with Crippen molar-refractivity contribution < 1.29 is 4.74 Å². The molecule has 0 radical (unpaired) electrons. The Morgan fingerprint density at radius 2 is 1.80 bits per heavy atom. The fourth-order valence-electron chi connectivity index (χ4n) is 1.03. The molecule has 0 aliphatic carbocycles. The summed E-state index contributed by atoms with van der Waals surface area (Å²) in [6.07, 6.45) is 0. The molecule has 3 nitrogen and oxygen atoms in total. The normalized spacial score (nSPS) is 11.1. The lowest BCUT2D eigenvalue weighted by Crippen LogP contribution is -2.17. The second kappa shape index (κ2) is 4.34. The Kier molecular flexibility index (Phi) is 3.35. The monoisotopic (exact) mass is 206 g/mol. The van der Waals surface area contributed by atoms with E-state index in [1.807, 2.05) is 12.1 Å². The van der Waals surface area contributed by atoms with Crippen molar-refractivity contribution in [2.45, 2.75) is 20.8 Å². The van der Waals surface area contributed by atoms with Crippen LogP contribution in [0, 0.1) is 10.8 Å². The van der Waals surface area contributed by atoms with Crippen LogP contribution < -0.4 is 10.5 Å². The van der Waals surface area contributed by atoms with Crippen LogP contribution in [0.1, 0.15) is 26.3 Å². The van der Waals surface area contributed by atoms with Crippen LogP contribution in [0.3, 0.4) is 0 Å². The highest BCUT2D eigenvalue weighted by atomic mass is 16.5. The quantitative estimate of drug-likeness (QED) is 0.589. The molecule has 0 saturated heterocycles. The van der Waals surface area contributed by atoms with Gasteiger partial charge in [0.1, 0.15) is 11.6 Å². The molecule has 0 aliphatic heterocycles. The molecule has 1 aromatic rings. The largest absolute Gasteiger partial charge is 0.493 e. The number of hydrogen-bond acceptors (Lipinski definition) is 2. The van der Waals surface area contributed by atoms with E-state index in [0.717, 1.165) is 11.3 Å². The number of ether oxygens (including phenoxy) is 1. The van der Waals surface area contributed by atoms with E-state index in [1.165, 1.54) is 0 Å². The van der Waals surface area contributed by atoms with Gasteiger partial charge >= 0.3 is 0 Å². The van der Waals surface area contributed by atoms with Gasteiger partial charge in [-0.2, -0.15) is 0 Å². The van der Waals surface area contributed by atoms with E-state index in [4.69, 9.17) is 15.9 Å². The molecule has 0 aliphatic rings. The first-order valence-corrected chi connectivity index (χ1v) is 4.96. The van der Waals surface area contributed by atoms with Gasteiger partial charge in [0, 0.05) is 5.56 Å². The molecule has 1 aromatic carbocycles. The topological polar surface area (TPSA) is 59.1 Å². The highest BCUT2D eigenvalue weighted by molar-refractivity contribution is 5.94. The number of benzene rings is 1. The number of nitrogens with one attached hydrogen (secondary N) is 1. The zero-order valence-electron chi connectivity index (χ0n) is 9.50. The molecule has 1 rings (SSSR count). The van der Waals surface area contributed by atoms with Crippen LogP contribution in [0.2, 0.25) is 0 Å². The Morgan fingerprint density at radius 3 is 2.20 bits per heavy atom. The number of nitrogens with two attached hydrogens (primary N) is 1. The lowest BCUT2D eigenvalue weighted by Gasteiger charge is -2.18. The summed E-state index contributed by atoms with van der Waals surface area (Å²) in [5.74, 6) is 0.896. The second-order valence-electron chi connectivity index (χ2n) is 4.79. The molecule has 3 heteroatoms. The average molecular weight is 206 g/mol. The second-order valence-corrected chi connectivity index (χ2v) is 4.79. The van der Waals surface area contributed by atoms with E-state index in [1.54, 1.807) is 12.1 Å². The molecule has 15 heavy (non-hydrogen) atoms. The number of amidine groups is 1. The molecular weight excluding hydrogens is 188 g/mol. The van der Waals surface area contributed by atoms with Crippen molar-refractivity contribution in [1.82, 2.24) is 0 Å². The summed E-state index contributed by atoms with van der Waals surface area (Å²) in [6.45, 7) is 7.04. The molecule has 0 unspecified atom stereocenters. The molecule has 0 aromatic heterocycles. The van der Waals surface area contributed by atoms with Crippen LogP contribution in [-0.4, -0.2) is 12.4 Å². The van der Waals surface area contributed by atoms with Gasteiger partial charge in [-0.15, -0.1) is 0 Å². The smallest absolute Gasteiger partial charge is 0.122 e. The van der Waals surface area contributed by atoms with Crippen LogP contribution in [0.15, 0.2) is 24.3 Å². The van der Waals surface area contributed by atoms with Crippen molar-refractivity contribution in [2.75, 3.05) is 6.61 Å². The van der Waals surface area contributed by atoms with Gasteiger partial charge in [0.15, 0.2) is 0 Å². The van der Waals surface area contributed by atoms with Crippen LogP contribution >= 0.6 is 0 Å². The fourth-order valence-corrected chi connectivity index (χ4v) is 1.03. The van der Waals surface area contributed by atoms with Gasteiger partial charge in [-0.3, -0.25) is 5.41 Å². The summed E-state index contributed by atoms with van der Waals surface area (Å²) in [4.78, 5) is 0. The fraction of sp³-hybridized carbons (Fsp3) is 0.417. The first kappa shape index (κ1) is 11.6. The Bertz CT molecular complexity index is 336. The molecule has 82 valence electrons. The van der Waals surface area contributed by atoms with Gasteiger partial charge in [-0.25, -0.2) is 0 Å². The average Bonchev–Trinajstić information content (AvgIpc) is 2.14. The predicted molar refractivity (Wildman–Crippen MR) is 62.4 cm³/mol. The first-order chi connectivity index (χ1) is 6.88. The molecule has 0 heterocycles. The van der Waals surface area contributed by atoms with E-state index in [-0.39, 0.29) is 11.3 Å². The van der Waals surface area contributed by atoms with Crippen molar-refractivity contribution in [2.24, 2.45) is 11.1 Å². The number of hydrogen-bond donors (Lipinski definition) is 2. The molecule has 0 amide bonds. The van der Waals surface area contributed by atoms with Crippen molar-refractivity contribution in [3.63, 3.8) is 0 Å². The Labute approximate surface area is 90.8 Å². The Balaban J connectivity index is 2.61. The summed E-state index contributed by atoms with van der Waals surface area (Å²) in [5.41, 5.74) is 6.22. The Morgan fingerprint density at radius 1 is 1.27 bits per heavy atom. The highest BCUT2D eigenvalue weighted by Gasteiger charge is 2.10. The minimum atomic E-state index is 0.0809. The summed E-state index contributed by atoms with van der Waals surface area (Å²) in [7, 11) is 0. The number of nitrogen functional groups attached to an aromatic ring is 1. The summed E-state index contributed by atoms with van der Waals surface area (Å²) in [5, 5.41) is 7.24. The third-order valence-electron chi connectivity index (χ3n) is 1.84. The molecule has 0 bridgehead atoms. The first-order valence-electron chi connectivity index (χ1n) is 4.96. The molecule has 3 N–H and O–H groups in total. The van der Waals surface area contributed by atoms with Gasteiger partial charge in [-0.1, -0.05) is 20.8 Å². The van der Waals surface area contributed by atoms with Crippen LogP contribution in [0.4, 0.5) is 0 Å². The molecule has 0 fully saturated rings. The van der Waals surface area contributed by atoms with E-state index < -0.39 is 0 Å². The van der Waals surface area contributed by atoms with Crippen LogP contribution in [0.25, 0.3) is 0 Å². The van der Waals surface area contributed by atoms with Gasteiger partial charge in [-0.05, 0) is 29.7 Å². The minimum absolute atomic E-state index is 0.0809. The van der Waals surface area contributed by atoms with Gasteiger partial charge < -0.3 is 10.5 Å². The zero-order valence-corrected chi connectivity index (χ0v) is 9.50. The molecule has 0 atom stereocenters. The van der Waals surface area contributed by atoms with Crippen molar-refractivity contribution in [3.8, 4) is 5.75 Å². The molecule has 0 saturated carbocycles. The van der Waals surface area contributed by atoms with Crippen LogP contribution in [0.5, 0.6) is 5.75 Å². The third-order valence-corrected chi connectivity index (χ3v) is 1.84. The van der Waals surface area contributed by atoms with Crippen LogP contribution in [-0.2, 0) is 0 Å². The number of rotatable bonds is 3. The SMILES string of the molecule is CC(C)(C)COc1ccc(C(=N)N)cc1. The minimum Gasteiger partial charge on any atom is -0.493 e. The van der Waals surface area contributed by atoms with Gasteiger partial charge in [0.2, 0.25) is 0 Å². The van der Waals surface area contributed by atoms with Crippen molar-refractivity contribution in [3.05, 3.63) is 29.8 Å². The van der Waals surface area contributed by atoms with Crippen molar-refractivity contribution in [1.29, 1.82) is 5.41 Å². The predicted octanol–water partition coefficient (Wildman–Crippen LogP) is 2.40. The zero-order chi connectivity index (χ0) is 11.5. The standard InChI is InChI=1S/C12H18N2O/c1-12(2,3)8-15-10-6-4-9(5-7-10)11(13)14/h4-7H,8H2,1-3H3,(H3,13,14). The lowest BCUT2D eigenvalue weighted by atomic mass is 9.99. The molecule has 0 spiro atoms. The third kappa shape index (κ3) is 4.02. The maximum atomic E-state index is 7.24. The van der Waals surface area contributed by atoms with E-state index >= 15 is 0 Å². The maximum Gasteiger partial charge on any atom is 0.122 e. The van der Waals surface area contributed by atoms with Gasteiger partial charge in [0.25, 0.3) is 0 Å². The summed E-state index contributed by atoms with van der Waals surface area (Å²) < 4.78 is 5.59. The van der Waals surface area contributed by atoms with Crippen molar-refractivity contribution >= 4 is 5.84 Å². The van der Waals surface area contributed by atoms with Gasteiger partial charge in [0.05, 0.1) is 6.61 Å². The Hall–Kier alpha value is -1.51. The van der Waals surface area contributed by atoms with E-state index in [2.05, 4.69) is 20.8 Å². The summed E-state index contributed by atoms with van der Waals surface area (Å²) in [6, 6.07) is 7.26. The molecular formula is C12H18N2O. The lowest BCUT2D eigenvalue weighted by molar-refractivity contribution is 0.198. The van der Waals surface area contributed by atoms with E-state index in [9.17, 15) is 0 Å². The maximum absolute atomic E-state index is 7.24. The highest BCUT2D eigenvalue weighted by Crippen LogP contribution is 2.17.